The molecule has 1 amide bonds. The molecule has 0 bridgehead atoms. The summed E-state index contributed by atoms with van der Waals surface area (Å²) in [5, 5.41) is 7.32. The smallest absolute Gasteiger partial charge is 0.261 e. The Kier molecular flexibility index (Phi) is 7.77. The normalized spacial score (nSPS) is 22.4. The molecule has 3 atom stereocenters. The van der Waals surface area contributed by atoms with E-state index in [1.165, 1.54) is 0 Å². The first-order chi connectivity index (χ1) is 9.95. The molecule has 1 aromatic rings. The Balaban J connectivity index is 0.00000242. The largest absolute Gasteiger partial charge is 0.481 e. The predicted molar refractivity (Wildman–Crippen MR) is 92.4 cm³/mol. The number of amides is 1. The van der Waals surface area contributed by atoms with Crippen LogP contribution in [0.2, 0.25) is 10.0 Å². The zero-order valence-electron chi connectivity index (χ0n) is 12.6. The molecule has 2 rings (SSSR count). The minimum Gasteiger partial charge on any atom is -0.481 e. The van der Waals surface area contributed by atoms with Crippen LogP contribution in [0.4, 0.5) is 0 Å². The van der Waals surface area contributed by atoms with Crippen LogP contribution in [0.3, 0.4) is 0 Å². The third kappa shape index (κ3) is 5.51. The van der Waals surface area contributed by atoms with Crippen molar-refractivity contribution in [2.45, 2.75) is 32.4 Å². The van der Waals surface area contributed by atoms with E-state index in [1.54, 1.807) is 25.1 Å². The molecule has 1 heterocycles. The minimum absolute atomic E-state index is 0. The number of piperidine rings is 1. The van der Waals surface area contributed by atoms with Gasteiger partial charge < -0.3 is 15.4 Å². The van der Waals surface area contributed by atoms with Crippen LogP contribution in [0.5, 0.6) is 5.75 Å². The Morgan fingerprint density at radius 3 is 2.59 bits per heavy atom. The molecule has 0 radical (unpaired) electrons. The first-order valence-electron chi connectivity index (χ1n) is 7.09. The number of carbonyl (C=O) groups is 1. The van der Waals surface area contributed by atoms with Gasteiger partial charge in [0.25, 0.3) is 5.91 Å². The van der Waals surface area contributed by atoms with Gasteiger partial charge in [-0.05, 0) is 50.6 Å². The average Bonchev–Trinajstić information content (AvgIpc) is 2.40. The summed E-state index contributed by atoms with van der Waals surface area (Å²) in [7, 11) is 0. The lowest BCUT2D eigenvalue weighted by Crippen LogP contribution is -2.51. The molecule has 4 nitrogen and oxygen atoms in total. The maximum Gasteiger partial charge on any atom is 0.261 e. The van der Waals surface area contributed by atoms with Crippen LogP contribution < -0.4 is 15.4 Å². The molecule has 1 fully saturated rings. The van der Waals surface area contributed by atoms with E-state index in [0.29, 0.717) is 21.7 Å². The van der Waals surface area contributed by atoms with Crippen LogP contribution in [0, 0.1) is 5.92 Å². The lowest BCUT2D eigenvalue weighted by Gasteiger charge is -2.31. The van der Waals surface area contributed by atoms with Gasteiger partial charge >= 0.3 is 0 Å². The third-order valence-corrected chi connectivity index (χ3v) is 4.07. The Hall–Kier alpha value is -0.680. The van der Waals surface area contributed by atoms with Gasteiger partial charge in [-0.1, -0.05) is 30.1 Å². The van der Waals surface area contributed by atoms with E-state index in [2.05, 4.69) is 17.6 Å². The van der Waals surface area contributed by atoms with Crippen molar-refractivity contribution in [3.05, 3.63) is 28.2 Å². The number of ether oxygens (including phenoxy) is 1. The molecule has 124 valence electrons. The van der Waals surface area contributed by atoms with Gasteiger partial charge in [-0.25, -0.2) is 0 Å². The number of nitrogens with one attached hydrogen (secondary N) is 2. The van der Waals surface area contributed by atoms with Crippen molar-refractivity contribution in [1.29, 1.82) is 0 Å². The highest BCUT2D eigenvalue weighted by Gasteiger charge is 2.25. The molecule has 1 aliphatic heterocycles. The van der Waals surface area contributed by atoms with Crippen LogP contribution in [-0.4, -0.2) is 31.1 Å². The lowest BCUT2D eigenvalue weighted by atomic mass is 9.95. The lowest BCUT2D eigenvalue weighted by molar-refractivity contribution is -0.128. The summed E-state index contributed by atoms with van der Waals surface area (Å²) >= 11 is 11.8. The van der Waals surface area contributed by atoms with Crippen molar-refractivity contribution in [3.8, 4) is 5.75 Å². The number of carbonyl (C=O) groups excluding carboxylic acids is 1. The molecule has 22 heavy (non-hydrogen) atoms. The zero-order chi connectivity index (χ0) is 15.4. The maximum atomic E-state index is 12.2. The number of hydrogen-bond acceptors (Lipinski definition) is 3. The van der Waals surface area contributed by atoms with Crippen molar-refractivity contribution in [2.24, 2.45) is 5.92 Å². The summed E-state index contributed by atoms with van der Waals surface area (Å²) in [6.07, 6.45) is 0.337. The van der Waals surface area contributed by atoms with Crippen LogP contribution in [0.15, 0.2) is 18.2 Å². The van der Waals surface area contributed by atoms with Crippen LogP contribution >= 0.6 is 35.6 Å². The molecule has 1 aliphatic rings. The van der Waals surface area contributed by atoms with Crippen molar-refractivity contribution in [1.82, 2.24) is 10.6 Å². The molecular formula is C15H21Cl3N2O2. The topological polar surface area (TPSA) is 50.4 Å². The summed E-state index contributed by atoms with van der Waals surface area (Å²) in [6.45, 7) is 5.69. The fraction of sp³-hybridized carbons (Fsp3) is 0.533. The molecule has 0 saturated carbocycles. The van der Waals surface area contributed by atoms with Gasteiger partial charge in [0.05, 0.1) is 0 Å². The standard InChI is InChI=1S/C15H20Cl2N2O2.ClH/c1-9-8-18-4-3-14(9)19-15(20)10(2)21-13-6-11(16)5-12(17)7-13;/h5-7,9-10,14,18H,3-4,8H2,1-2H3,(H,19,20);1H. The van der Waals surface area contributed by atoms with Gasteiger partial charge in [-0.15, -0.1) is 12.4 Å². The number of halogens is 3. The van der Waals surface area contributed by atoms with Crippen molar-refractivity contribution in [2.75, 3.05) is 13.1 Å². The van der Waals surface area contributed by atoms with Crippen molar-refractivity contribution < 1.29 is 9.53 Å². The Bertz CT molecular complexity index is 493. The first-order valence-corrected chi connectivity index (χ1v) is 7.85. The van der Waals surface area contributed by atoms with E-state index in [9.17, 15) is 4.79 Å². The van der Waals surface area contributed by atoms with E-state index in [4.69, 9.17) is 27.9 Å². The molecule has 2 N–H and O–H groups in total. The van der Waals surface area contributed by atoms with Gasteiger partial charge in [-0.2, -0.15) is 0 Å². The highest BCUT2D eigenvalue weighted by Crippen LogP contribution is 2.25. The Labute approximate surface area is 147 Å². The molecule has 7 heteroatoms. The van der Waals surface area contributed by atoms with E-state index < -0.39 is 6.10 Å². The fourth-order valence-corrected chi connectivity index (χ4v) is 2.89. The van der Waals surface area contributed by atoms with Crippen molar-refractivity contribution >= 4 is 41.5 Å². The summed E-state index contributed by atoms with van der Waals surface area (Å²) in [5.74, 6) is 0.786. The number of rotatable bonds is 4. The second-order valence-corrected chi connectivity index (χ2v) is 6.32. The fourth-order valence-electron chi connectivity index (χ4n) is 2.38. The summed E-state index contributed by atoms with van der Waals surface area (Å²) in [6, 6.07) is 5.10. The monoisotopic (exact) mass is 366 g/mol. The maximum absolute atomic E-state index is 12.2. The molecule has 0 aromatic heterocycles. The molecular weight excluding hydrogens is 347 g/mol. The zero-order valence-corrected chi connectivity index (χ0v) is 14.9. The van der Waals surface area contributed by atoms with Gasteiger partial charge in [0, 0.05) is 16.1 Å². The predicted octanol–water partition coefficient (Wildman–Crippen LogP) is 3.30. The highest BCUT2D eigenvalue weighted by molar-refractivity contribution is 6.34. The van der Waals surface area contributed by atoms with Gasteiger partial charge in [0.1, 0.15) is 5.75 Å². The highest BCUT2D eigenvalue weighted by atomic mass is 35.5. The van der Waals surface area contributed by atoms with Crippen LogP contribution in [0.1, 0.15) is 20.3 Å². The third-order valence-electron chi connectivity index (χ3n) is 3.63. The Morgan fingerprint density at radius 2 is 2.00 bits per heavy atom. The van der Waals surface area contributed by atoms with Crippen molar-refractivity contribution in [3.63, 3.8) is 0 Å². The summed E-state index contributed by atoms with van der Waals surface area (Å²) in [5.41, 5.74) is 0. The van der Waals surface area contributed by atoms with Gasteiger partial charge in [0.2, 0.25) is 0 Å². The average molecular weight is 368 g/mol. The summed E-state index contributed by atoms with van der Waals surface area (Å²) in [4.78, 5) is 12.2. The van der Waals surface area contributed by atoms with Crippen LogP contribution in [0.25, 0.3) is 0 Å². The SMILES string of the molecule is CC(Oc1cc(Cl)cc(Cl)c1)C(=O)NC1CCNCC1C.Cl. The summed E-state index contributed by atoms with van der Waals surface area (Å²) < 4.78 is 5.62. The van der Waals surface area contributed by atoms with E-state index in [-0.39, 0.29) is 24.4 Å². The minimum atomic E-state index is -0.596. The second-order valence-electron chi connectivity index (χ2n) is 5.45. The molecule has 0 aliphatic carbocycles. The molecule has 1 aromatic carbocycles. The number of hydrogen-bond donors (Lipinski definition) is 2. The number of benzene rings is 1. The Morgan fingerprint density at radius 1 is 1.36 bits per heavy atom. The van der Waals surface area contributed by atoms with E-state index >= 15 is 0 Å². The second kappa shape index (κ2) is 8.82. The van der Waals surface area contributed by atoms with Gasteiger partial charge in [0.15, 0.2) is 6.10 Å². The van der Waals surface area contributed by atoms with E-state index in [0.717, 1.165) is 19.5 Å². The molecule has 1 saturated heterocycles. The van der Waals surface area contributed by atoms with E-state index in [1.807, 2.05) is 0 Å². The van der Waals surface area contributed by atoms with Crippen LogP contribution in [-0.2, 0) is 4.79 Å². The molecule has 3 unspecified atom stereocenters. The first kappa shape index (κ1) is 19.4. The quantitative estimate of drug-likeness (QED) is 0.858. The van der Waals surface area contributed by atoms with Gasteiger partial charge in [-0.3, -0.25) is 4.79 Å². The molecule has 0 spiro atoms.